The SMILES string of the molecule is COCCOc1ccc(C(=O)O)c(OC2CCC(NC(=O)OC(C)(C)C)CC2)c1. The van der Waals surface area contributed by atoms with Crippen LogP contribution in [0.25, 0.3) is 0 Å². The fourth-order valence-electron chi connectivity index (χ4n) is 3.09. The van der Waals surface area contributed by atoms with Gasteiger partial charge in [0.1, 0.15) is 29.3 Å². The molecule has 1 aromatic rings. The molecule has 0 aliphatic heterocycles. The number of benzene rings is 1. The van der Waals surface area contributed by atoms with Crippen molar-refractivity contribution in [2.45, 2.75) is 64.2 Å². The van der Waals surface area contributed by atoms with Crippen LogP contribution in [0.4, 0.5) is 4.79 Å². The number of alkyl carbamates (subject to hydrolysis) is 1. The smallest absolute Gasteiger partial charge is 0.407 e. The third-order valence-electron chi connectivity index (χ3n) is 4.43. The molecule has 0 unspecified atom stereocenters. The first-order chi connectivity index (χ1) is 13.7. The van der Waals surface area contributed by atoms with E-state index in [1.807, 2.05) is 20.8 Å². The Morgan fingerprint density at radius 3 is 2.41 bits per heavy atom. The molecule has 8 heteroatoms. The van der Waals surface area contributed by atoms with E-state index >= 15 is 0 Å². The maximum absolute atomic E-state index is 11.9. The van der Waals surface area contributed by atoms with Gasteiger partial charge in [-0.1, -0.05) is 0 Å². The summed E-state index contributed by atoms with van der Waals surface area (Å²) in [6, 6.07) is 4.71. The lowest BCUT2D eigenvalue weighted by Gasteiger charge is -2.30. The molecule has 8 nitrogen and oxygen atoms in total. The van der Waals surface area contributed by atoms with Gasteiger partial charge in [0.2, 0.25) is 0 Å². The number of carboxylic acid groups (broad SMARTS) is 1. The lowest BCUT2D eigenvalue weighted by Crippen LogP contribution is -2.42. The minimum atomic E-state index is -1.05. The third-order valence-corrected chi connectivity index (χ3v) is 4.43. The summed E-state index contributed by atoms with van der Waals surface area (Å²) >= 11 is 0. The van der Waals surface area contributed by atoms with E-state index in [0.29, 0.717) is 31.8 Å². The molecule has 2 N–H and O–H groups in total. The van der Waals surface area contributed by atoms with Crippen LogP contribution in [0.5, 0.6) is 11.5 Å². The van der Waals surface area contributed by atoms with Crippen molar-refractivity contribution in [2.75, 3.05) is 20.3 Å². The van der Waals surface area contributed by atoms with Crippen molar-refractivity contribution in [3.63, 3.8) is 0 Å². The largest absolute Gasteiger partial charge is 0.491 e. The number of methoxy groups -OCH3 is 1. The summed E-state index contributed by atoms with van der Waals surface area (Å²) in [4.78, 5) is 23.4. The second-order valence-corrected chi connectivity index (χ2v) is 8.04. The van der Waals surface area contributed by atoms with Gasteiger partial charge in [0.05, 0.1) is 12.7 Å². The summed E-state index contributed by atoms with van der Waals surface area (Å²) in [6.45, 7) is 6.27. The van der Waals surface area contributed by atoms with E-state index in [0.717, 1.165) is 12.8 Å². The molecule has 1 fully saturated rings. The highest BCUT2D eigenvalue weighted by atomic mass is 16.6. The molecule has 29 heavy (non-hydrogen) atoms. The Bertz CT molecular complexity index is 691. The average Bonchev–Trinajstić information content (AvgIpc) is 2.62. The van der Waals surface area contributed by atoms with E-state index in [9.17, 15) is 14.7 Å². The summed E-state index contributed by atoms with van der Waals surface area (Å²) < 4.78 is 21.8. The van der Waals surface area contributed by atoms with Gasteiger partial charge in [-0.25, -0.2) is 9.59 Å². The lowest BCUT2D eigenvalue weighted by molar-refractivity contribution is 0.0467. The average molecular weight is 409 g/mol. The Morgan fingerprint density at radius 1 is 1.14 bits per heavy atom. The zero-order chi connectivity index (χ0) is 21.4. The predicted molar refractivity (Wildman–Crippen MR) is 107 cm³/mol. The van der Waals surface area contributed by atoms with Crippen LogP contribution in [-0.4, -0.2) is 55.2 Å². The molecular formula is C21H31NO7. The quantitative estimate of drug-likeness (QED) is 0.632. The van der Waals surface area contributed by atoms with Gasteiger partial charge < -0.3 is 29.4 Å². The summed E-state index contributed by atoms with van der Waals surface area (Å²) in [6.07, 6.45) is 2.32. The van der Waals surface area contributed by atoms with Gasteiger partial charge in [-0.3, -0.25) is 0 Å². The molecule has 0 atom stereocenters. The fourth-order valence-corrected chi connectivity index (χ4v) is 3.09. The summed E-state index contributed by atoms with van der Waals surface area (Å²) in [5.74, 6) is -0.234. The molecule has 0 saturated heterocycles. The zero-order valence-electron chi connectivity index (χ0n) is 17.5. The van der Waals surface area contributed by atoms with Crippen LogP contribution in [0, 0.1) is 0 Å². The number of amides is 1. The van der Waals surface area contributed by atoms with E-state index in [1.165, 1.54) is 6.07 Å². The van der Waals surface area contributed by atoms with Gasteiger partial charge in [-0.15, -0.1) is 0 Å². The molecule has 162 valence electrons. The highest BCUT2D eigenvalue weighted by Gasteiger charge is 2.26. The van der Waals surface area contributed by atoms with Crippen molar-refractivity contribution in [3.8, 4) is 11.5 Å². The van der Waals surface area contributed by atoms with E-state index in [2.05, 4.69) is 5.32 Å². The maximum atomic E-state index is 11.9. The van der Waals surface area contributed by atoms with Crippen LogP contribution in [0.15, 0.2) is 18.2 Å². The zero-order valence-corrected chi connectivity index (χ0v) is 17.5. The molecule has 0 aromatic heterocycles. The van der Waals surface area contributed by atoms with Crippen LogP contribution in [0.3, 0.4) is 0 Å². The van der Waals surface area contributed by atoms with E-state index in [4.69, 9.17) is 18.9 Å². The van der Waals surface area contributed by atoms with Crippen molar-refractivity contribution < 1.29 is 33.6 Å². The molecule has 0 spiro atoms. The lowest BCUT2D eigenvalue weighted by atomic mass is 9.93. The number of rotatable bonds is 8. The molecule has 1 aromatic carbocycles. The normalized spacial score (nSPS) is 19.3. The monoisotopic (exact) mass is 409 g/mol. The maximum Gasteiger partial charge on any atom is 0.407 e. The van der Waals surface area contributed by atoms with Crippen molar-refractivity contribution in [2.24, 2.45) is 0 Å². The second kappa shape index (κ2) is 10.3. The van der Waals surface area contributed by atoms with Crippen molar-refractivity contribution in [1.82, 2.24) is 5.32 Å². The fraction of sp³-hybridized carbons (Fsp3) is 0.619. The number of ether oxygens (including phenoxy) is 4. The number of hydrogen-bond donors (Lipinski definition) is 2. The van der Waals surface area contributed by atoms with Gasteiger partial charge >= 0.3 is 12.1 Å². The molecule has 0 bridgehead atoms. The summed E-state index contributed by atoms with van der Waals surface area (Å²) in [7, 11) is 1.58. The van der Waals surface area contributed by atoms with E-state index in [-0.39, 0.29) is 23.5 Å². The Hall–Kier alpha value is -2.48. The van der Waals surface area contributed by atoms with Crippen LogP contribution in [0.2, 0.25) is 0 Å². The standard InChI is InChI=1S/C21H31NO7/c1-21(2,3)29-20(25)22-14-5-7-15(8-6-14)28-18-13-16(27-12-11-26-4)9-10-17(18)19(23)24/h9-10,13-15H,5-8,11-12H2,1-4H3,(H,22,25)(H,23,24). The van der Waals surface area contributed by atoms with Crippen molar-refractivity contribution in [1.29, 1.82) is 0 Å². The first-order valence-electron chi connectivity index (χ1n) is 9.83. The van der Waals surface area contributed by atoms with E-state index < -0.39 is 17.7 Å². The summed E-state index contributed by atoms with van der Waals surface area (Å²) in [5.41, 5.74) is -0.438. The van der Waals surface area contributed by atoms with Crippen LogP contribution in [-0.2, 0) is 9.47 Å². The Balaban J connectivity index is 1.92. The molecule has 1 aliphatic rings. The van der Waals surface area contributed by atoms with Crippen LogP contribution < -0.4 is 14.8 Å². The minimum Gasteiger partial charge on any atom is -0.491 e. The van der Waals surface area contributed by atoms with Crippen LogP contribution in [0.1, 0.15) is 56.8 Å². The Labute approximate surface area is 171 Å². The third kappa shape index (κ3) is 7.81. The molecule has 0 radical (unpaired) electrons. The van der Waals surface area contributed by atoms with Gasteiger partial charge in [-0.05, 0) is 58.6 Å². The van der Waals surface area contributed by atoms with Crippen LogP contribution >= 0.6 is 0 Å². The molecule has 1 saturated carbocycles. The molecular weight excluding hydrogens is 378 g/mol. The van der Waals surface area contributed by atoms with E-state index in [1.54, 1.807) is 19.2 Å². The van der Waals surface area contributed by atoms with Crippen molar-refractivity contribution >= 4 is 12.1 Å². The highest BCUT2D eigenvalue weighted by molar-refractivity contribution is 5.91. The Morgan fingerprint density at radius 2 is 1.83 bits per heavy atom. The number of nitrogens with one attached hydrogen (secondary N) is 1. The highest BCUT2D eigenvalue weighted by Crippen LogP contribution is 2.30. The second-order valence-electron chi connectivity index (χ2n) is 8.04. The Kier molecular flexibility index (Phi) is 8.13. The first-order valence-corrected chi connectivity index (χ1v) is 9.83. The van der Waals surface area contributed by atoms with Crippen molar-refractivity contribution in [3.05, 3.63) is 23.8 Å². The number of carbonyl (C=O) groups excluding carboxylic acids is 1. The van der Waals surface area contributed by atoms with Gasteiger partial charge in [0.25, 0.3) is 0 Å². The molecule has 1 aliphatic carbocycles. The minimum absolute atomic E-state index is 0.0207. The van der Waals surface area contributed by atoms with Gasteiger partial charge in [0.15, 0.2) is 0 Å². The van der Waals surface area contributed by atoms with Gasteiger partial charge in [-0.2, -0.15) is 0 Å². The topological polar surface area (TPSA) is 103 Å². The first kappa shape index (κ1) is 22.8. The molecule has 1 amide bonds. The number of carboxylic acids is 1. The van der Waals surface area contributed by atoms with Gasteiger partial charge in [0, 0.05) is 19.2 Å². The number of carbonyl (C=O) groups is 2. The summed E-state index contributed by atoms with van der Waals surface area (Å²) in [5, 5.41) is 12.3. The number of aromatic carboxylic acids is 1. The predicted octanol–water partition coefficient (Wildman–Crippen LogP) is 3.62. The molecule has 2 rings (SSSR count). The molecule has 0 heterocycles. The number of hydrogen-bond acceptors (Lipinski definition) is 6.